The molecule has 12 atom stereocenters. The van der Waals surface area contributed by atoms with Crippen molar-refractivity contribution < 1.29 is 99.9 Å². The van der Waals surface area contributed by atoms with E-state index in [1.54, 1.807) is 6.08 Å². The molecule has 0 spiro atoms. The Balaban J connectivity index is 1.85. The van der Waals surface area contributed by atoms with Crippen LogP contribution >= 0.6 is 0 Å². The van der Waals surface area contributed by atoms with Gasteiger partial charge in [-0.05, 0) is 11.6 Å². The Morgan fingerprint density at radius 2 is 1.05 bits per heavy atom. The topological polar surface area (TPSA) is 257 Å². The standard InChI is InChI=1S/C36H44O21/c1-9-22-23-10-11-45-33(44)24(23)12-48-34(22)57-36-32(53-21(8)43)30(28(50-18(5)40)26(55-36)14-47-16(3)38)56-35-31(52-20(7)42)29(51-19(6)41)27(49-17(4)39)25(54-35)13-46-15(2)37/h9-10,12,22,25-32,34-36H,1,11,13-14H2,2-8H3/t22-,25-,26-,27-,28-,29+,30+,31-,32-,34+,35+,36+/m1/s1. The molecule has 4 heterocycles. The van der Waals surface area contributed by atoms with Crippen LogP contribution in [0, 0.1) is 5.92 Å². The first-order chi connectivity index (χ1) is 26.9. The molecule has 0 radical (unpaired) electrons. The Hall–Kier alpha value is -5.38. The van der Waals surface area contributed by atoms with Crippen molar-refractivity contribution >= 4 is 47.8 Å². The number of esters is 8. The fourth-order valence-electron chi connectivity index (χ4n) is 6.38. The van der Waals surface area contributed by atoms with E-state index in [4.69, 9.17) is 61.6 Å². The van der Waals surface area contributed by atoms with Gasteiger partial charge in [0, 0.05) is 48.5 Å². The van der Waals surface area contributed by atoms with E-state index in [0.717, 1.165) is 54.7 Å². The second-order valence-electron chi connectivity index (χ2n) is 12.9. The summed E-state index contributed by atoms with van der Waals surface area (Å²) >= 11 is 0. The summed E-state index contributed by atoms with van der Waals surface area (Å²) < 4.78 is 73.9. The highest BCUT2D eigenvalue weighted by molar-refractivity contribution is 5.94. The SMILES string of the molecule is C=C[C@@H]1C2=CCOC(=O)C2=CO[C@H]1O[C@@H]1O[C@H](COC(C)=O)[C@@H](OC(C)=O)[C@H](O[C@@H]2O[C@H](COC(C)=O)[C@@H](OC(C)=O)[C@H](OC(C)=O)[C@H]2OC(C)=O)[C@H]1OC(C)=O. The van der Waals surface area contributed by atoms with Gasteiger partial charge < -0.3 is 61.6 Å². The second kappa shape index (κ2) is 19.7. The molecule has 2 saturated heterocycles. The summed E-state index contributed by atoms with van der Waals surface area (Å²) in [6, 6.07) is 0. The largest absolute Gasteiger partial charge is 0.471 e. The van der Waals surface area contributed by atoms with Crippen LogP contribution in [0.25, 0.3) is 0 Å². The Labute approximate surface area is 325 Å². The van der Waals surface area contributed by atoms with Gasteiger partial charge in [-0.25, -0.2) is 4.79 Å². The molecule has 0 bridgehead atoms. The molecule has 0 aromatic carbocycles. The van der Waals surface area contributed by atoms with Crippen LogP contribution in [0.3, 0.4) is 0 Å². The molecule has 4 rings (SSSR count). The minimum Gasteiger partial charge on any atom is -0.471 e. The fraction of sp³-hybridized carbons (Fsp3) is 0.611. The minimum atomic E-state index is -1.89. The lowest BCUT2D eigenvalue weighted by molar-refractivity contribution is -0.374. The first-order valence-corrected chi connectivity index (χ1v) is 17.5. The third-order valence-corrected chi connectivity index (χ3v) is 8.43. The zero-order chi connectivity index (χ0) is 42.1. The summed E-state index contributed by atoms with van der Waals surface area (Å²) in [7, 11) is 0. The van der Waals surface area contributed by atoms with Crippen molar-refractivity contribution in [2.75, 3.05) is 19.8 Å². The van der Waals surface area contributed by atoms with Gasteiger partial charge in [0.15, 0.2) is 36.8 Å². The maximum absolute atomic E-state index is 12.7. The third kappa shape index (κ3) is 11.6. The number of carbonyl (C=O) groups is 8. The number of hydrogen-bond donors (Lipinski definition) is 0. The highest BCUT2D eigenvalue weighted by Gasteiger charge is 2.58. The second-order valence-corrected chi connectivity index (χ2v) is 12.9. The quantitative estimate of drug-likeness (QED) is 0.128. The molecule has 0 aromatic rings. The highest BCUT2D eigenvalue weighted by atomic mass is 16.8. The van der Waals surface area contributed by atoms with Crippen molar-refractivity contribution in [1.29, 1.82) is 0 Å². The van der Waals surface area contributed by atoms with Crippen molar-refractivity contribution in [3.05, 3.63) is 36.1 Å². The Bertz CT molecular complexity index is 1650. The number of carbonyl (C=O) groups excluding carboxylic acids is 8. The number of hydrogen-bond acceptors (Lipinski definition) is 21. The van der Waals surface area contributed by atoms with Crippen LogP contribution in [0.5, 0.6) is 0 Å². The van der Waals surface area contributed by atoms with Gasteiger partial charge in [0.2, 0.25) is 12.6 Å². The van der Waals surface area contributed by atoms with Crippen molar-refractivity contribution in [2.45, 2.75) is 116 Å². The van der Waals surface area contributed by atoms with E-state index in [1.807, 2.05) is 0 Å². The number of cyclic esters (lactones) is 1. The van der Waals surface area contributed by atoms with Gasteiger partial charge in [-0.1, -0.05) is 6.08 Å². The Morgan fingerprint density at radius 1 is 0.614 bits per heavy atom. The lowest BCUT2D eigenvalue weighted by atomic mass is 9.89. The average Bonchev–Trinajstić information content (AvgIpc) is 3.10. The maximum atomic E-state index is 12.7. The van der Waals surface area contributed by atoms with E-state index in [2.05, 4.69) is 6.58 Å². The van der Waals surface area contributed by atoms with Crippen LogP contribution in [0.4, 0.5) is 0 Å². The van der Waals surface area contributed by atoms with Crippen molar-refractivity contribution in [3.63, 3.8) is 0 Å². The predicted octanol–water partition coefficient (Wildman–Crippen LogP) is 0.148. The third-order valence-electron chi connectivity index (χ3n) is 8.43. The molecule has 0 aliphatic carbocycles. The molecular weight excluding hydrogens is 768 g/mol. The predicted molar refractivity (Wildman–Crippen MR) is 180 cm³/mol. The summed E-state index contributed by atoms with van der Waals surface area (Å²) in [5.74, 6) is -7.67. The van der Waals surface area contributed by atoms with Crippen LogP contribution in [-0.4, -0.2) is 135 Å². The molecular formula is C36H44O21. The van der Waals surface area contributed by atoms with E-state index >= 15 is 0 Å². The number of rotatable bonds is 14. The zero-order valence-electron chi connectivity index (χ0n) is 32.1. The van der Waals surface area contributed by atoms with Gasteiger partial charge >= 0.3 is 47.8 Å². The molecule has 21 nitrogen and oxygen atoms in total. The Kier molecular flexibility index (Phi) is 15.3. The summed E-state index contributed by atoms with van der Waals surface area (Å²) in [5, 5.41) is 0. The van der Waals surface area contributed by atoms with E-state index in [-0.39, 0.29) is 12.2 Å². The van der Waals surface area contributed by atoms with E-state index in [0.29, 0.717) is 5.57 Å². The zero-order valence-corrected chi connectivity index (χ0v) is 32.1. The van der Waals surface area contributed by atoms with Crippen LogP contribution < -0.4 is 0 Å². The summed E-state index contributed by atoms with van der Waals surface area (Å²) in [5.41, 5.74) is 0.538. The number of ether oxygens (including phenoxy) is 13. The van der Waals surface area contributed by atoms with E-state index < -0.39 is 135 Å². The fourth-order valence-corrected chi connectivity index (χ4v) is 6.38. The van der Waals surface area contributed by atoms with Gasteiger partial charge in [0.05, 0.1) is 11.5 Å². The Morgan fingerprint density at radius 3 is 1.53 bits per heavy atom. The van der Waals surface area contributed by atoms with Crippen molar-refractivity contribution in [3.8, 4) is 0 Å². The first-order valence-electron chi connectivity index (χ1n) is 17.5. The summed E-state index contributed by atoms with van der Waals surface area (Å²) in [6.07, 6.45) is -13.9. The molecule has 0 saturated carbocycles. The molecule has 0 aromatic heterocycles. The highest BCUT2D eigenvalue weighted by Crippen LogP contribution is 2.39. The van der Waals surface area contributed by atoms with Gasteiger partial charge in [-0.3, -0.25) is 33.6 Å². The summed E-state index contributed by atoms with van der Waals surface area (Å²) in [6.45, 7) is 9.87. The molecule has 0 N–H and O–H groups in total. The van der Waals surface area contributed by atoms with Crippen LogP contribution in [-0.2, 0) is 99.9 Å². The molecule has 0 amide bonds. The van der Waals surface area contributed by atoms with Gasteiger partial charge in [0.25, 0.3) is 0 Å². The normalized spacial score (nSPS) is 31.9. The maximum Gasteiger partial charge on any atom is 0.341 e. The first kappa shape index (κ1) is 44.3. The van der Waals surface area contributed by atoms with Crippen molar-refractivity contribution in [1.82, 2.24) is 0 Å². The monoisotopic (exact) mass is 812 g/mol. The van der Waals surface area contributed by atoms with Crippen LogP contribution in [0.2, 0.25) is 0 Å². The minimum absolute atomic E-state index is 0.0566. The average molecular weight is 813 g/mol. The van der Waals surface area contributed by atoms with Crippen molar-refractivity contribution in [2.24, 2.45) is 5.92 Å². The van der Waals surface area contributed by atoms with E-state index in [9.17, 15) is 38.4 Å². The molecule has 4 aliphatic rings. The van der Waals surface area contributed by atoms with E-state index in [1.165, 1.54) is 6.08 Å². The lowest BCUT2D eigenvalue weighted by Crippen LogP contribution is -2.67. The molecule has 57 heavy (non-hydrogen) atoms. The van der Waals surface area contributed by atoms with Gasteiger partial charge in [0.1, 0.15) is 44.4 Å². The lowest BCUT2D eigenvalue weighted by Gasteiger charge is -2.49. The molecule has 0 unspecified atom stereocenters. The van der Waals surface area contributed by atoms with Crippen LogP contribution in [0.1, 0.15) is 48.5 Å². The van der Waals surface area contributed by atoms with Gasteiger partial charge in [-0.15, -0.1) is 6.58 Å². The molecule has 4 aliphatic heterocycles. The smallest absolute Gasteiger partial charge is 0.341 e. The van der Waals surface area contributed by atoms with Gasteiger partial charge in [-0.2, -0.15) is 0 Å². The van der Waals surface area contributed by atoms with Crippen LogP contribution in [0.15, 0.2) is 36.1 Å². The molecule has 314 valence electrons. The molecule has 2 fully saturated rings. The number of fused-ring (bicyclic) bond motifs is 1. The summed E-state index contributed by atoms with van der Waals surface area (Å²) in [4.78, 5) is 98.9. The molecule has 21 heteroatoms.